The van der Waals surface area contributed by atoms with Gasteiger partial charge >= 0.3 is 0 Å². The fraction of sp³-hybridized carbons (Fsp3) is 0.208. The van der Waals surface area contributed by atoms with Gasteiger partial charge in [0, 0.05) is 30.7 Å². The largest absolute Gasteiger partial charge is 0.489 e. The van der Waals surface area contributed by atoms with Gasteiger partial charge in [-0.2, -0.15) is 4.98 Å². The minimum absolute atomic E-state index is 0.142. The van der Waals surface area contributed by atoms with E-state index in [4.69, 9.17) is 4.74 Å². The van der Waals surface area contributed by atoms with Gasteiger partial charge in [0.25, 0.3) is 5.56 Å². The number of fused-ring (bicyclic) bond motifs is 1. The minimum atomic E-state index is -0.430. The Hall–Kier alpha value is -3.32. The average molecular weight is 434 g/mol. The first-order chi connectivity index (χ1) is 15.1. The number of anilines is 1. The van der Waals surface area contributed by atoms with Gasteiger partial charge in [-0.25, -0.2) is 0 Å². The zero-order valence-electron chi connectivity index (χ0n) is 17.2. The summed E-state index contributed by atoms with van der Waals surface area (Å²) in [6, 6.07) is 17.4. The van der Waals surface area contributed by atoms with Crippen molar-refractivity contribution < 1.29 is 9.53 Å². The van der Waals surface area contributed by atoms with Crippen LogP contribution in [0.2, 0.25) is 0 Å². The van der Waals surface area contributed by atoms with Gasteiger partial charge in [0.2, 0.25) is 5.91 Å². The Balaban J connectivity index is 1.74. The lowest BCUT2D eigenvalue weighted by Gasteiger charge is -2.28. The number of hydrogen-bond acceptors (Lipinski definition) is 5. The number of carbonyl (C=O) groups excluding carboxylic acids is 1. The summed E-state index contributed by atoms with van der Waals surface area (Å²) >= 11 is 1.40. The fourth-order valence-electron chi connectivity index (χ4n) is 3.70. The standard InChI is InChI=1S/C24H23N3O3S/c1-3-13-31-24-26-23(29)21-18(14-20(28)25-22(21)27(24)2)17-11-7-8-12-19(17)30-15-16-9-5-4-6-10-16/h3-12,18H,1,13-15H2,2H3,(H,25,28)/t18-/m0/s1. The highest BCUT2D eigenvalue weighted by Crippen LogP contribution is 2.39. The Morgan fingerprint density at radius 1 is 1.19 bits per heavy atom. The Kier molecular flexibility index (Phi) is 6.23. The van der Waals surface area contributed by atoms with Crippen molar-refractivity contribution in [2.24, 2.45) is 7.05 Å². The third kappa shape index (κ3) is 4.41. The molecule has 0 unspecified atom stereocenters. The third-order valence-corrected chi connectivity index (χ3v) is 6.19. The maximum absolute atomic E-state index is 13.0. The van der Waals surface area contributed by atoms with Gasteiger partial charge < -0.3 is 14.6 Å². The number of carbonyl (C=O) groups is 1. The highest BCUT2D eigenvalue weighted by Gasteiger charge is 2.33. The topological polar surface area (TPSA) is 73.2 Å². The summed E-state index contributed by atoms with van der Waals surface area (Å²) < 4.78 is 7.86. The molecule has 2 aromatic carbocycles. The zero-order chi connectivity index (χ0) is 21.8. The van der Waals surface area contributed by atoms with E-state index in [1.54, 1.807) is 17.7 Å². The molecule has 2 heterocycles. The van der Waals surface area contributed by atoms with Crippen LogP contribution in [0, 0.1) is 0 Å². The average Bonchev–Trinajstić information content (AvgIpc) is 2.79. The highest BCUT2D eigenvalue weighted by atomic mass is 32.2. The highest BCUT2D eigenvalue weighted by molar-refractivity contribution is 7.99. The number of rotatable bonds is 7. The van der Waals surface area contributed by atoms with Crippen LogP contribution in [0.1, 0.15) is 29.0 Å². The number of aromatic nitrogens is 2. The molecule has 0 radical (unpaired) electrons. The zero-order valence-corrected chi connectivity index (χ0v) is 18.0. The van der Waals surface area contributed by atoms with Gasteiger partial charge in [0.05, 0.1) is 5.56 Å². The third-order valence-electron chi connectivity index (χ3n) is 5.16. The number of amides is 1. The summed E-state index contributed by atoms with van der Waals surface area (Å²) in [6.45, 7) is 4.11. The van der Waals surface area contributed by atoms with Crippen molar-refractivity contribution in [1.82, 2.24) is 9.55 Å². The van der Waals surface area contributed by atoms with Gasteiger partial charge in [-0.15, -0.1) is 6.58 Å². The van der Waals surface area contributed by atoms with E-state index in [9.17, 15) is 9.59 Å². The number of nitrogens with one attached hydrogen (secondary N) is 1. The monoisotopic (exact) mass is 433 g/mol. The molecule has 7 heteroatoms. The van der Waals surface area contributed by atoms with E-state index in [0.717, 1.165) is 11.1 Å². The summed E-state index contributed by atoms with van der Waals surface area (Å²) in [5.74, 6) is 1.19. The first kappa shape index (κ1) is 20.9. The number of nitrogens with zero attached hydrogens (tertiary/aromatic N) is 2. The van der Waals surface area contributed by atoms with Crippen LogP contribution in [0.4, 0.5) is 5.82 Å². The van der Waals surface area contributed by atoms with Crippen molar-refractivity contribution >= 4 is 23.5 Å². The summed E-state index contributed by atoms with van der Waals surface area (Å²) in [5.41, 5.74) is 2.00. The van der Waals surface area contributed by atoms with E-state index in [2.05, 4.69) is 16.9 Å². The molecule has 4 rings (SSSR count). The molecular formula is C24H23N3O3S. The van der Waals surface area contributed by atoms with E-state index in [1.165, 1.54) is 11.8 Å². The van der Waals surface area contributed by atoms with E-state index >= 15 is 0 Å². The van der Waals surface area contributed by atoms with Crippen LogP contribution in [-0.4, -0.2) is 21.2 Å². The van der Waals surface area contributed by atoms with Gasteiger partial charge in [0.1, 0.15) is 18.2 Å². The van der Waals surface area contributed by atoms with Crippen molar-refractivity contribution in [1.29, 1.82) is 0 Å². The lowest BCUT2D eigenvalue weighted by molar-refractivity contribution is -0.116. The second kappa shape index (κ2) is 9.22. The van der Waals surface area contributed by atoms with E-state index in [1.807, 2.05) is 54.6 Å². The van der Waals surface area contributed by atoms with Crippen LogP contribution in [-0.2, 0) is 18.4 Å². The fourth-order valence-corrected chi connectivity index (χ4v) is 4.40. The molecule has 31 heavy (non-hydrogen) atoms. The van der Waals surface area contributed by atoms with Crippen molar-refractivity contribution in [2.75, 3.05) is 11.1 Å². The summed E-state index contributed by atoms with van der Waals surface area (Å²) in [4.78, 5) is 29.9. The van der Waals surface area contributed by atoms with Crippen LogP contribution in [0.5, 0.6) is 5.75 Å². The molecule has 3 aromatic rings. The Bertz CT molecular complexity index is 1170. The summed E-state index contributed by atoms with van der Waals surface area (Å²) in [6.07, 6.45) is 1.91. The first-order valence-electron chi connectivity index (χ1n) is 9.98. The molecule has 158 valence electrons. The molecule has 1 atom stereocenters. The van der Waals surface area contributed by atoms with Gasteiger partial charge in [-0.1, -0.05) is 66.4 Å². The minimum Gasteiger partial charge on any atom is -0.489 e. The van der Waals surface area contributed by atoms with Crippen molar-refractivity contribution in [3.8, 4) is 5.75 Å². The molecular weight excluding hydrogens is 410 g/mol. The smallest absolute Gasteiger partial charge is 0.279 e. The van der Waals surface area contributed by atoms with E-state index in [-0.39, 0.29) is 17.9 Å². The second-order valence-corrected chi connectivity index (χ2v) is 8.22. The lowest BCUT2D eigenvalue weighted by atomic mass is 9.86. The first-order valence-corrected chi connectivity index (χ1v) is 11.0. The molecule has 0 aliphatic carbocycles. The van der Waals surface area contributed by atoms with Crippen LogP contribution in [0.3, 0.4) is 0 Å². The van der Waals surface area contributed by atoms with Crippen LogP contribution in [0.15, 0.2) is 77.2 Å². The SMILES string of the molecule is C=CCSc1nc(=O)c2c(n1C)NC(=O)C[C@H]2c1ccccc1OCc1ccccc1. The number of thioether (sulfide) groups is 1. The quantitative estimate of drug-likeness (QED) is 0.345. The Labute approximate surface area is 185 Å². The van der Waals surface area contributed by atoms with Crippen LogP contribution >= 0.6 is 11.8 Å². The number of hydrogen-bond donors (Lipinski definition) is 1. The molecule has 1 aliphatic rings. The predicted octanol–water partition coefficient (Wildman–Crippen LogP) is 4.11. The molecule has 0 fully saturated rings. The molecule has 1 amide bonds. The summed E-state index contributed by atoms with van der Waals surface area (Å²) in [7, 11) is 1.80. The molecule has 0 saturated carbocycles. The number of ether oxygens (including phenoxy) is 1. The van der Waals surface area contributed by atoms with E-state index < -0.39 is 5.92 Å². The number of benzene rings is 2. The normalized spacial score (nSPS) is 15.1. The molecule has 1 aromatic heterocycles. The molecule has 6 nitrogen and oxygen atoms in total. The van der Waals surface area contributed by atoms with Gasteiger partial charge in [-0.3, -0.25) is 9.59 Å². The lowest BCUT2D eigenvalue weighted by Crippen LogP contribution is -2.33. The Morgan fingerprint density at radius 3 is 2.71 bits per heavy atom. The summed E-state index contributed by atoms with van der Waals surface area (Å²) in [5, 5.41) is 3.41. The molecule has 1 aliphatic heterocycles. The number of para-hydroxylation sites is 1. The molecule has 0 saturated heterocycles. The maximum atomic E-state index is 13.0. The van der Waals surface area contributed by atoms with Gasteiger partial charge in [-0.05, 0) is 11.6 Å². The van der Waals surface area contributed by atoms with Crippen LogP contribution in [0.25, 0.3) is 0 Å². The van der Waals surface area contributed by atoms with Crippen molar-refractivity contribution in [3.05, 3.63) is 94.3 Å². The predicted molar refractivity (Wildman–Crippen MR) is 123 cm³/mol. The molecule has 0 bridgehead atoms. The van der Waals surface area contributed by atoms with Crippen LogP contribution < -0.4 is 15.6 Å². The van der Waals surface area contributed by atoms with Crippen molar-refractivity contribution in [3.63, 3.8) is 0 Å². The van der Waals surface area contributed by atoms with Crippen molar-refractivity contribution in [2.45, 2.75) is 24.1 Å². The van der Waals surface area contributed by atoms with Gasteiger partial charge in [0.15, 0.2) is 5.16 Å². The Morgan fingerprint density at radius 2 is 1.94 bits per heavy atom. The molecule has 0 spiro atoms. The van der Waals surface area contributed by atoms with E-state index in [0.29, 0.717) is 34.6 Å². The maximum Gasteiger partial charge on any atom is 0.279 e. The molecule has 1 N–H and O–H groups in total. The second-order valence-electron chi connectivity index (χ2n) is 7.24.